The van der Waals surface area contributed by atoms with E-state index in [4.69, 9.17) is 39.5 Å². The van der Waals surface area contributed by atoms with Gasteiger partial charge in [-0.05, 0) is 36.4 Å². The maximum atomic E-state index is 12.6. The molecule has 0 aliphatic heterocycles. The largest absolute Gasteiger partial charge is 0.452 e. The Morgan fingerprint density at radius 1 is 0.967 bits per heavy atom. The highest BCUT2D eigenvalue weighted by Gasteiger charge is 2.24. The Hall–Kier alpha value is -1.84. The first-order valence-electron chi connectivity index (χ1n) is 8.81. The second kappa shape index (κ2) is 10.5. The molecule has 1 amide bonds. The number of esters is 1. The van der Waals surface area contributed by atoms with E-state index >= 15 is 0 Å². The van der Waals surface area contributed by atoms with Crippen molar-refractivity contribution in [1.29, 1.82) is 0 Å². The van der Waals surface area contributed by atoms with Gasteiger partial charge in [0.2, 0.25) is 10.0 Å². The minimum absolute atomic E-state index is 0.00314. The molecule has 0 radical (unpaired) electrons. The number of hydrogen-bond acceptors (Lipinski definition) is 5. The van der Waals surface area contributed by atoms with Crippen LogP contribution >= 0.6 is 34.8 Å². The summed E-state index contributed by atoms with van der Waals surface area (Å²) in [6.07, 6.45) is 0. The Morgan fingerprint density at radius 2 is 1.60 bits per heavy atom. The maximum Gasteiger partial charge on any atom is 0.340 e. The van der Waals surface area contributed by atoms with Crippen LogP contribution < -0.4 is 5.32 Å². The van der Waals surface area contributed by atoms with E-state index in [0.717, 1.165) is 6.07 Å². The van der Waals surface area contributed by atoms with Crippen LogP contribution in [0.1, 0.15) is 24.2 Å². The summed E-state index contributed by atoms with van der Waals surface area (Å²) in [4.78, 5) is 24.3. The third-order valence-electron chi connectivity index (χ3n) is 4.04. The lowest BCUT2D eigenvalue weighted by Gasteiger charge is -2.19. The minimum Gasteiger partial charge on any atom is -0.452 e. The fourth-order valence-corrected chi connectivity index (χ4v) is 4.49. The number of benzene rings is 2. The van der Waals surface area contributed by atoms with Crippen LogP contribution in [0, 0.1) is 0 Å². The van der Waals surface area contributed by atoms with Gasteiger partial charge in [0.05, 0.1) is 25.5 Å². The van der Waals surface area contributed by atoms with E-state index in [9.17, 15) is 18.0 Å². The fourth-order valence-electron chi connectivity index (χ4n) is 2.51. The fraction of sp³-hybridized carbons (Fsp3) is 0.263. The van der Waals surface area contributed by atoms with Gasteiger partial charge >= 0.3 is 5.97 Å². The molecular formula is C19H19Cl3N2O5S. The third-order valence-corrected chi connectivity index (χ3v) is 7.15. The van der Waals surface area contributed by atoms with Gasteiger partial charge in [0, 0.05) is 18.8 Å². The summed E-state index contributed by atoms with van der Waals surface area (Å²) in [7, 11) is -3.79. The molecule has 11 heteroatoms. The van der Waals surface area contributed by atoms with Crippen LogP contribution in [0.3, 0.4) is 0 Å². The van der Waals surface area contributed by atoms with Crippen molar-refractivity contribution in [2.45, 2.75) is 18.7 Å². The van der Waals surface area contributed by atoms with Gasteiger partial charge in [-0.1, -0.05) is 48.7 Å². The highest BCUT2D eigenvalue weighted by molar-refractivity contribution is 7.89. The first kappa shape index (κ1) is 24.4. The van der Waals surface area contributed by atoms with Gasteiger partial charge in [-0.15, -0.1) is 0 Å². The van der Waals surface area contributed by atoms with Crippen LogP contribution in [-0.4, -0.2) is 44.3 Å². The van der Waals surface area contributed by atoms with E-state index in [0.29, 0.717) is 10.7 Å². The van der Waals surface area contributed by atoms with Crippen molar-refractivity contribution in [2.75, 3.05) is 25.0 Å². The number of halogens is 3. The molecule has 0 heterocycles. The summed E-state index contributed by atoms with van der Waals surface area (Å²) >= 11 is 17.7. The molecule has 2 rings (SSSR count). The first-order chi connectivity index (χ1) is 14.1. The van der Waals surface area contributed by atoms with Crippen molar-refractivity contribution in [3.8, 4) is 0 Å². The number of ether oxygens (including phenoxy) is 1. The Morgan fingerprint density at radius 3 is 2.20 bits per heavy atom. The molecule has 0 spiro atoms. The number of carbonyl (C=O) groups excluding carboxylic acids is 2. The van der Waals surface area contributed by atoms with Gasteiger partial charge in [0.15, 0.2) is 6.61 Å². The molecule has 7 nitrogen and oxygen atoms in total. The van der Waals surface area contributed by atoms with Crippen molar-refractivity contribution >= 4 is 62.4 Å². The number of rotatable bonds is 8. The maximum absolute atomic E-state index is 12.6. The number of hydrogen-bond donors (Lipinski definition) is 1. The standard InChI is InChI=1S/C19H19Cl3N2O5S/c1-3-24(4-2)30(27,28)13-6-8-15(20)14(10-13)19(26)29-11-18(25)23-12-5-7-16(21)17(22)9-12/h5-10H,3-4,11H2,1-2H3,(H,23,25). The third kappa shape index (κ3) is 5.86. The molecule has 1 N–H and O–H groups in total. The molecule has 2 aromatic carbocycles. The molecule has 0 saturated carbocycles. The van der Waals surface area contributed by atoms with Gasteiger partial charge in [-0.2, -0.15) is 4.31 Å². The van der Waals surface area contributed by atoms with Crippen molar-refractivity contribution in [2.24, 2.45) is 0 Å². The molecule has 0 aliphatic carbocycles. The van der Waals surface area contributed by atoms with Crippen LogP contribution in [0.5, 0.6) is 0 Å². The van der Waals surface area contributed by atoms with Crippen molar-refractivity contribution in [3.63, 3.8) is 0 Å². The zero-order chi connectivity index (χ0) is 22.5. The van der Waals surface area contributed by atoms with E-state index in [1.807, 2.05) is 0 Å². The second-order valence-electron chi connectivity index (χ2n) is 5.98. The lowest BCUT2D eigenvalue weighted by molar-refractivity contribution is -0.119. The molecule has 0 aliphatic rings. The number of nitrogens with zero attached hydrogens (tertiary/aromatic N) is 1. The van der Waals surface area contributed by atoms with E-state index in [-0.39, 0.29) is 33.6 Å². The lowest BCUT2D eigenvalue weighted by Crippen LogP contribution is -2.30. The van der Waals surface area contributed by atoms with Gasteiger partial charge in [0.25, 0.3) is 5.91 Å². The van der Waals surface area contributed by atoms with Crippen LogP contribution in [0.25, 0.3) is 0 Å². The van der Waals surface area contributed by atoms with Gasteiger partial charge in [-0.25, -0.2) is 13.2 Å². The summed E-state index contributed by atoms with van der Waals surface area (Å²) in [6, 6.07) is 8.23. The Balaban J connectivity index is 2.11. The minimum atomic E-state index is -3.79. The monoisotopic (exact) mass is 492 g/mol. The number of sulfonamides is 1. The molecule has 0 aromatic heterocycles. The van der Waals surface area contributed by atoms with Crippen molar-refractivity contribution in [3.05, 3.63) is 57.0 Å². The molecule has 0 unspecified atom stereocenters. The molecule has 0 saturated heterocycles. The Labute approximate surface area is 189 Å². The van der Waals surface area contributed by atoms with Crippen LogP contribution in [0.4, 0.5) is 5.69 Å². The van der Waals surface area contributed by atoms with E-state index in [1.54, 1.807) is 13.8 Å². The van der Waals surface area contributed by atoms with E-state index in [2.05, 4.69) is 5.32 Å². The van der Waals surface area contributed by atoms with E-state index < -0.39 is 28.5 Å². The summed E-state index contributed by atoms with van der Waals surface area (Å²) < 4.78 is 31.5. The van der Waals surface area contributed by atoms with Gasteiger partial charge in [0.1, 0.15) is 0 Å². The second-order valence-corrected chi connectivity index (χ2v) is 9.14. The summed E-state index contributed by atoms with van der Waals surface area (Å²) in [6.45, 7) is 3.35. The summed E-state index contributed by atoms with van der Waals surface area (Å²) in [5.41, 5.74) is 0.211. The van der Waals surface area contributed by atoms with Crippen molar-refractivity contribution in [1.82, 2.24) is 4.31 Å². The molecule has 2 aromatic rings. The first-order valence-corrected chi connectivity index (χ1v) is 11.4. The van der Waals surface area contributed by atoms with Gasteiger partial charge < -0.3 is 10.1 Å². The summed E-state index contributed by atoms with van der Waals surface area (Å²) in [5, 5.41) is 3.09. The zero-order valence-corrected chi connectivity index (χ0v) is 19.2. The Bertz CT molecular complexity index is 1060. The SMILES string of the molecule is CCN(CC)S(=O)(=O)c1ccc(Cl)c(C(=O)OCC(=O)Nc2ccc(Cl)c(Cl)c2)c1. The molecule has 0 fully saturated rings. The summed E-state index contributed by atoms with van der Waals surface area (Å²) in [5.74, 6) is -1.55. The predicted molar refractivity (Wildman–Crippen MR) is 117 cm³/mol. The number of carbonyl (C=O) groups is 2. The molecule has 30 heavy (non-hydrogen) atoms. The zero-order valence-electron chi connectivity index (χ0n) is 16.1. The highest BCUT2D eigenvalue weighted by Crippen LogP contribution is 2.25. The molecule has 0 atom stereocenters. The average molecular weight is 494 g/mol. The van der Waals surface area contributed by atoms with Gasteiger partial charge in [-0.3, -0.25) is 4.79 Å². The van der Waals surface area contributed by atoms with Crippen molar-refractivity contribution < 1.29 is 22.7 Å². The number of nitrogens with one attached hydrogen (secondary N) is 1. The number of amides is 1. The molecule has 0 bridgehead atoms. The molecule has 162 valence electrons. The van der Waals surface area contributed by atoms with Crippen LogP contribution in [0.15, 0.2) is 41.3 Å². The van der Waals surface area contributed by atoms with Crippen LogP contribution in [0.2, 0.25) is 15.1 Å². The normalized spacial score (nSPS) is 11.4. The van der Waals surface area contributed by atoms with E-state index in [1.165, 1.54) is 34.6 Å². The molecular weight excluding hydrogens is 475 g/mol. The smallest absolute Gasteiger partial charge is 0.340 e. The topological polar surface area (TPSA) is 92.8 Å². The van der Waals surface area contributed by atoms with Crippen LogP contribution in [-0.2, 0) is 19.6 Å². The average Bonchev–Trinajstić information content (AvgIpc) is 2.70. The quantitative estimate of drug-likeness (QED) is 0.548. The number of anilines is 1. The predicted octanol–water partition coefficient (Wildman–Crippen LogP) is 4.47. The Kier molecular flexibility index (Phi) is 8.52. The highest BCUT2D eigenvalue weighted by atomic mass is 35.5. The lowest BCUT2D eigenvalue weighted by atomic mass is 10.2.